The largest absolute Gasteiger partial charge is 0.298 e. The maximum absolute atomic E-state index is 11.3. The van der Waals surface area contributed by atoms with Gasteiger partial charge in [0.15, 0.2) is 0 Å². The van der Waals surface area contributed by atoms with Crippen molar-refractivity contribution in [1.29, 1.82) is 0 Å². The van der Waals surface area contributed by atoms with E-state index in [1.54, 1.807) is 18.2 Å². The van der Waals surface area contributed by atoms with Gasteiger partial charge in [0.2, 0.25) is 0 Å². The van der Waals surface area contributed by atoms with Gasteiger partial charge >= 0.3 is 0 Å². The van der Waals surface area contributed by atoms with Crippen molar-refractivity contribution in [3.05, 3.63) is 39.4 Å². The molecule has 0 aliphatic rings. The highest BCUT2D eigenvalue weighted by Gasteiger charge is 2.20. The summed E-state index contributed by atoms with van der Waals surface area (Å²) in [5, 5.41) is 11.1. The lowest BCUT2D eigenvalue weighted by molar-refractivity contribution is -0.386. The van der Waals surface area contributed by atoms with E-state index >= 15 is 0 Å². The molecule has 4 nitrogen and oxygen atoms in total. The number of para-hydroxylation sites is 1. The van der Waals surface area contributed by atoms with Crippen molar-refractivity contribution in [3.8, 4) is 0 Å². The zero-order valence-corrected chi connectivity index (χ0v) is 10.6. The lowest BCUT2D eigenvalue weighted by Gasteiger charge is -2.04. The molecule has 0 amide bonds. The number of carbonyl (C=O) groups excluding carboxylic acids is 1. The van der Waals surface area contributed by atoms with E-state index in [1.807, 2.05) is 0 Å². The number of hydrogen-bond acceptors (Lipinski definition) is 3. The van der Waals surface area contributed by atoms with Crippen molar-refractivity contribution in [2.75, 3.05) is 5.33 Å². The fourth-order valence-electron chi connectivity index (χ4n) is 1.39. The molecular weight excluding hydrogens is 297 g/mol. The SMILES string of the molecule is O=C(CBr)Cc1cccc(CCl)c1[N+](=O)[O-]. The van der Waals surface area contributed by atoms with Crippen LogP contribution in [-0.2, 0) is 17.1 Å². The number of ketones is 1. The predicted octanol–water partition coefficient (Wildman–Crippen LogP) is 2.84. The van der Waals surface area contributed by atoms with Crippen LogP contribution in [0.15, 0.2) is 18.2 Å². The van der Waals surface area contributed by atoms with Gasteiger partial charge in [-0.2, -0.15) is 0 Å². The van der Waals surface area contributed by atoms with Gasteiger partial charge in [-0.1, -0.05) is 34.1 Å². The Kier molecular flexibility index (Phi) is 4.89. The number of Topliss-reactive ketones (excluding diaryl/α,β-unsaturated/α-hetero) is 1. The molecule has 1 rings (SSSR count). The number of benzene rings is 1. The molecule has 1 aromatic carbocycles. The minimum atomic E-state index is -0.492. The smallest absolute Gasteiger partial charge is 0.277 e. The van der Waals surface area contributed by atoms with Gasteiger partial charge in [-0.15, -0.1) is 11.6 Å². The lowest BCUT2D eigenvalue weighted by atomic mass is 10.0. The van der Waals surface area contributed by atoms with Crippen LogP contribution in [0.3, 0.4) is 0 Å². The topological polar surface area (TPSA) is 60.2 Å². The highest BCUT2D eigenvalue weighted by atomic mass is 79.9. The van der Waals surface area contributed by atoms with Crippen LogP contribution < -0.4 is 0 Å². The van der Waals surface area contributed by atoms with Gasteiger partial charge in [0.1, 0.15) is 5.78 Å². The number of nitro benzene ring substituents is 1. The molecule has 0 spiro atoms. The molecule has 0 N–H and O–H groups in total. The lowest BCUT2D eigenvalue weighted by Crippen LogP contribution is -2.07. The molecule has 0 saturated heterocycles. The highest BCUT2D eigenvalue weighted by Crippen LogP contribution is 2.25. The molecule has 0 aliphatic carbocycles. The first-order chi connectivity index (χ1) is 7.60. The van der Waals surface area contributed by atoms with Crippen molar-refractivity contribution in [1.82, 2.24) is 0 Å². The van der Waals surface area contributed by atoms with Gasteiger partial charge < -0.3 is 0 Å². The number of alkyl halides is 2. The maximum atomic E-state index is 11.3. The summed E-state index contributed by atoms with van der Waals surface area (Å²) in [5.41, 5.74) is 0.797. The Balaban J connectivity index is 3.17. The Hall–Kier alpha value is -0.940. The molecule has 6 heteroatoms. The Labute approximate surface area is 106 Å². The van der Waals surface area contributed by atoms with Crippen molar-refractivity contribution in [2.24, 2.45) is 0 Å². The standard InChI is InChI=1S/C10H9BrClNO3/c11-5-9(14)4-7-2-1-3-8(6-12)10(7)13(15)16/h1-3H,4-6H2. The molecule has 1 aromatic rings. The first-order valence-corrected chi connectivity index (χ1v) is 6.14. The molecule has 0 aliphatic heterocycles. The van der Waals surface area contributed by atoms with Crippen LogP contribution in [0.4, 0.5) is 5.69 Å². The summed E-state index contributed by atoms with van der Waals surface area (Å²) in [7, 11) is 0. The number of rotatable bonds is 5. The minimum absolute atomic E-state index is 0.0479. The van der Waals surface area contributed by atoms with Crippen LogP contribution in [0.1, 0.15) is 11.1 Å². The molecule has 0 radical (unpaired) electrons. The summed E-state index contributed by atoms with van der Waals surface area (Å²) in [6.45, 7) is 0. The van der Waals surface area contributed by atoms with E-state index in [4.69, 9.17) is 11.6 Å². The van der Waals surface area contributed by atoms with Crippen molar-refractivity contribution in [3.63, 3.8) is 0 Å². The van der Waals surface area contributed by atoms with Gasteiger partial charge in [-0.3, -0.25) is 14.9 Å². The second-order valence-corrected chi connectivity index (χ2v) is 3.99. The van der Waals surface area contributed by atoms with Gasteiger partial charge in [-0.05, 0) is 0 Å². The Morgan fingerprint density at radius 1 is 1.44 bits per heavy atom. The van der Waals surface area contributed by atoms with Gasteiger partial charge in [-0.25, -0.2) is 0 Å². The van der Waals surface area contributed by atoms with Crippen LogP contribution in [0.25, 0.3) is 0 Å². The number of hydrogen-bond donors (Lipinski definition) is 0. The van der Waals surface area contributed by atoms with E-state index in [1.165, 1.54) is 0 Å². The molecule has 0 saturated carbocycles. The van der Waals surface area contributed by atoms with E-state index in [0.29, 0.717) is 11.1 Å². The van der Waals surface area contributed by atoms with Gasteiger partial charge in [0, 0.05) is 17.5 Å². The van der Waals surface area contributed by atoms with E-state index in [2.05, 4.69) is 15.9 Å². The summed E-state index contributed by atoms with van der Waals surface area (Å²) >= 11 is 8.64. The third-order valence-corrected chi connectivity index (χ3v) is 2.98. The van der Waals surface area contributed by atoms with Gasteiger partial charge in [0.05, 0.1) is 16.1 Å². The summed E-state index contributed by atoms with van der Waals surface area (Å²) in [5.74, 6) is -0.0399. The third-order valence-electron chi connectivity index (χ3n) is 2.07. The van der Waals surface area contributed by atoms with Crippen LogP contribution in [0.5, 0.6) is 0 Å². The summed E-state index contributed by atoms with van der Waals surface area (Å²) in [4.78, 5) is 21.7. The second kappa shape index (κ2) is 5.96. The van der Waals surface area contributed by atoms with E-state index in [-0.39, 0.29) is 29.1 Å². The fourth-order valence-corrected chi connectivity index (χ4v) is 1.80. The molecule has 0 bridgehead atoms. The Morgan fingerprint density at radius 2 is 2.06 bits per heavy atom. The number of halogens is 2. The summed E-state index contributed by atoms with van der Waals surface area (Å²) in [6.07, 6.45) is 0.0479. The molecule has 0 fully saturated rings. The monoisotopic (exact) mass is 305 g/mol. The molecule has 0 heterocycles. The van der Waals surface area contributed by atoms with Crippen LogP contribution in [0, 0.1) is 10.1 Å². The summed E-state index contributed by atoms with van der Waals surface area (Å²) in [6, 6.07) is 4.84. The average molecular weight is 307 g/mol. The number of nitrogens with zero attached hydrogens (tertiary/aromatic N) is 1. The van der Waals surface area contributed by atoms with Crippen molar-refractivity contribution in [2.45, 2.75) is 12.3 Å². The highest BCUT2D eigenvalue weighted by molar-refractivity contribution is 9.09. The van der Waals surface area contributed by atoms with Gasteiger partial charge in [0.25, 0.3) is 5.69 Å². The normalized spacial score (nSPS) is 10.1. The predicted molar refractivity (Wildman–Crippen MR) is 65.2 cm³/mol. The quantitative estimate of drug-likeness (QED) is 0.477. The van der Waals surface area contributed by atoms with Crippen LogP contribution >= 0.6 is 27.5 Å². The zero-order valence-electron chi connectivity index (χ0n) is 8.28. The fraction of sp³-hybridized carbons (Fsp3) is 0.300. The Bertz CT molecular complexity index is 423. The average Bonchev–Trinajstić information content (AvgIpc) is 2.28. The molecule has 0 atom stereocenters. The molecule has 0 unspecified atom stereocenters. The Morgan fingerprint density at radius 3 is 2.56 bits per heavy atom. The molecule has 16 heavy (non-hydrogen) atoms. The number of nitro groups is 1. The molecular formula is C10H9BrClNO3. The van der Waals surface area contributed by atoms with Crippen LogP contribution in [0.2, 0.25) is 0 Å². The van der Waals surface area contributed by atoms with Crippen LogP contribution in [-0.4, -0.2) is 16.0 Å². The van der Waals surface area contributed by atoms with E-state index in [0.717, 1.165) is 0 Å². The van der Waals surface area contributed by atoms with E-state index < -0.39 is 4.92 Å². The number of carbonyl (C=O) groups is 1. The molecule has 0 aromatic heterocycles. The van der Waals surface area contributed by atoms with E-state index in [9.17, 15) is 14.9 Å². The first-order valence-electron chi connectivity index (χ1n) is 4.49. The molecule has 86 valence electrons. The minimum Gasteiger partial charge on any atom is -0.298 e. The first kappa shape index (κ1) is 13.1. The third kappa shape index (κ3) is 3.02. The maximum Gasteiger partial charge on any atom is 0.277 e. The van der Waals surface area contributed by atoms with Crippen molar-refractivity contribution >= 4 is 39.0 Å². The second-order valence-electron chi connectivity index (χ2n) is 3.16. The zero-order chi connectivity index (χ0) is 12.1. The van der Waals surface area contributed by atoms with Crippen molar-refractivity contribution < 1.29 is 9.72 Å². The summed E-state index contributed by atoms with van der Waals surface area (Å²) < 4.78 is 0.